The van der Waals surface area contributed by atoms with Gasteiger partial charge in [-0.3, -0.25) is 4.98 Å². The van der Waals surface area contributed by atoms with Crippen molar-refractivity contribution in [1.29, 1.82) is 0 Å². The minimum absolute atomic E-state index is 0.0289. The summed E-state index contributed by atoms with van der Waals surface area (Å²) in [5.74, 6) is -0.638. The summed E-state index contributed by atoms with van der Waals surface area (Å²) >= 11 is 3.29. The van der Waals surface area contributed by atoms with E-state index in [1.807, 2.05) is 12.1 Å². The van der Waals surface area contributed by atoms with Gasteiger partial charge in [-0.05, 0) is 46.3 Å². The van der Waals surface area contributed by atoms with Gasteiger partial charge in [-0.15, -0.1) is 0 Å². The Morgan fingerprint density at radius 2 is 2.16 bits per heavy atom. The second kappa shape index (κ2) is 5.71. The number of pyridine rings is 1. The first-order valence-electron chi connectivity index (χ1n) is 5.42. The average Bonchev–Trinajstić information content (AvgIpc) is 2.39. The number of halogens is 1. The molecule has 1 aromatic carbocycles. The van der Waals surface area contributed by atoms with Gasteiger partial charge in [0.25, 0.3) is 0 Å². The minimum Gasteiger partial charge on any atom is -0.487 e. The Morgan fingerprint density at radius 3 is 2.79 bits per heavy atom. The molecule has 0 amide bonds. The van der Waals surface area contributed by atoms with Gasteiger partial charge < -0.3 is 15.6 Å². The molecule has 1 heterocycles. The van der Waals surface area contributed by atoms with Crippen molar-refractivity contribution in [2.24, 2.45) is 0 Å². The van der Waals surface area contributed by atoms with Crippen molar-refractivity contribution in [3.05, 3.63) is 52.3 Å². The zero-order valence-electron chi connectivity index (χ0n) is 9.84. The first-order chi connectivity index (χ1) is 9.06. The third kappa shape index (κ3) is 3.45. The van der Waals surface area contributed by atoms with Crippen LogP contribution in [0, 0.1) is 0 Å². The maximum absolute atomic E-state index is 10.9. The van der Waals surface area contributed by atoms with Gasteiger partial charge in [-0.2, -0.15) is 0 Å². The van der Waals surface area contributed by atoms with Gasteiger partial charge >= 0.3 is 5.97 Å². The summed E-state index contributed by atoms with van der Waals surface area (Å²) in [6, 6.07) is 8.21. The van der Waals surface area contributed by atoms with Gasteiger partial charge in [0, 0.05) is 16.4 Å². The molecule has 0 atom stereocenters. The number of anilines is 1. The number of nitrogens with two attached hydrogens (primary N) is 1. The summed E-state index contributed by atoms with van der Waals surface area (Å²) in [5, 5.41) is 8.95. The van der Waals surface area contributed by atoms with Crippen LogP contribution in [0.5, 0.6) is 5.75 Å². The maximum Gasteiger partial charge on any atom is 0.337 e. The standard InChI is InChI=1S/C13H11BrN2O3/c14-8-1-2-9(16-6-8)7-19-10-3-4-12(15)11(5-10)13(17)18/h1-6H,7,15H2,(H,17,18). The van der Waals surface area contributed by atoms with Crippen LogP contribution in [0.25, 0.3) is 0 Å². The van der Waals surface area contributed by atoms with Crippen LogP contribution >= 0.6 is 15.9 Å². The Morgan fingerprint density at radius 1 is 1.37 bits per heavy atom. The molecule has 0 radical (unpaired) electrons. The van der Waals surface area contributed by atoms with Crippen molar-refractivity contribution in [1.82, 2.24) is 4.98 Å². The predicted molar refractivity (Wildman–Crippen MR) is 74.1 cm³/mol. The molecule has 6 heteroatoms. The Kier molecular flexibility index (Phi) is 4.01. The lowest BCUT2D eigenvalue weighted by molar-refractivity contribution is 0.0697. The molecule has 0 aliphatic heterocycles. The van der Waals surface area contributed by atoms with Crippen LogP contribution in [0.4, 0.5) is 5.69 Å². The monoisotopic (exact) mass is 322 g/mol. The number of rotatable bonds is 4. The molecule has 5 nitrogen and oxygen atoms in total. The van der Waals surface area contributed by atoms with Crippen LogP contribution in [0.15, 0.2) is 41.0 Å². The van der Waals surface area contributed by atoms with Crippen LogP contribution in [0.1, 0.15) is 16.1 Å². The molecule has 0 saturated heterocycles. The summed E-state index contributed by atoms with van der Waals surface area (Å²) in [6.45, 7) is 0.260. The van der Waals surface area contributed by atoms with Crippen molar-refractivity contribution < 1.29 is 14.6 Å². The van der Waals surface area contributed by atoms with Crippen LogP contribution < -0.4 is 10.5 Å². The number of ether oxygens (including phenoxy) is 1. The molecule has 0 aliphatic carbocycles. The van der Waals surface area contributed by atoms with Gasteiger partial charge in [0.15, 0.2) is 0 Å². The van der Waals surface area contributed by atoms with Crippen molar-refractivity contribution in [3.63, 3.8) is 0 Å². The zero-order chi connectivity index (χ0) is 13.8. The number of carboxylic acid groups (broad SMARTS) is 1. The van der Waals surface area contributed by atoms with Crippen molar-refractivity contribution in [3.8, 4) is 5.75 Å². The molecule has 19 heavy (non-hydrogen) atoms. The van der Waals surface area contributed by atoms with E-state index in [-0.39, 0.29) is 17.9 Å². The number of nitrogen functional groups attached to an aromatic ring is 1. The van der Waals surface area contributed by atoms with Gasteiger partial charge in [-0.25, -0.2) is 4.79 Å². The van der Waals surface area contributed by atoms with E-state index in [0.717, 1.165) is 10.2 Å². The average molecular weight is 323 g/mol. The molecule has 0 unspecified atom stereocenters. The smallest absolute Gasteiger partial charge is 0.337 e. The number of carboxylic acids is 1. The number of aromatic nitrogens is 1. The Balaban J connectivity index is 2.09. The quantitative estimate of drug-likeness (QED) is 0.845. The second-order valence-electron chi connectivity index (χ2n) is 3.81. The fraction of sp³-hybridized carbons (Fsp3) is 0.0769. The lowest BCUT2D eigenvalue weighted by atomic mass is 10.2. The van der Waals surface area contributed by atoms with Gasteiger partial charge in [-0.1, -0.05) is 0 Å². The van der Waals surface area contributed by atoms with Crippen molar-refractivity contribution in [2.45, 2.75) is 6.61 Å². The van der Waals surface area contributed by atoms with E-state index in [4.69, 9.17) is 15.6 Å². The van der Waals surface area contributed by atoms with Crippen LogP contribution in [0.2, 0.25) is 0 Å². The van der Waals surface area contributed by atoms with Crippen molar-refractivity contribution >= 4 is 27.6 Å². The van der Waals surface area contributed by atoms with Gasteiger partial charge in [0.05, 0.1) is 11.3 Å². The number of nitrogens with zero attached hydrogens (tertiary/aromatic N) is 1. The molecule has 2 aromatic rings. The fourth-order valence-corrected chi connectivity index (χ4v) is 1.69. The summed E-state index contributed by atoms with van der Waals surface area (Å²) in [5.41, 5.74) is 6.55. The molecule has 3 N–H and O–H groups in total. The Labute approximate surface area is 118 Å². The largest absolute Gasteiger partial charge is 0.487 e. The topological polar surface area (TPSA) is 85.4 Å². The molecular weight excluding hydrogens is 312 g/mol. The molecule has 0 bridgehead atoms. The molecule has 2 rings (SSSR count). The molecule has 98 valence electrons. The number of aromatic carboxylic acids is 1. The molecule has 0 aliphatic rings. The Hall–Kier alpha value is -2.08. The normalized spacial score (nSPS) is 10.2. The van der Waals surface area contributed by atoms with Crippen LogP contribution in [-0.2, 0) is 6.61 Å². The summed E-state index contributed by atoms with van der Waals surface area (Å²) in [4.78, 5) is 15.1. The van der Waals surface area contributed by atoms with E-state index >= 15 is 0 Å². The third-order valence-electron chi connectivity index (χ3n) is 2.43. The van der Waals surface area contributed by atoms with Gasteiger partial charge in [0.1, 0.15) is 12.4 Å². The third-order valence-corrected chi connectivity index (χ3v) is 2.90. The van der Waals surface area contributed by atoms with E-state index in [1.54, 1.807) is 12.3 Å². The number of benzene rings is 1. The summed E-state index contributed by atoms with van der Waals surface area (Å²) in [6.07, 6.45) is 1.67. The highest BCUT2D eigenvalue weighted by atomic mass is 79.9. The number of hydrogen-bond acceptors (Lipinski definition) is 4. The van der Waals surface area contributed by atoms with Crippen LogP contribution in [-0.4, -0.2) is 16.1 Å². The molecule has 0 saturated carbocycles. The van der Waals surface area contributed by atoms with E-state index in [1.165, 1.54) is 12.1 Å². The van der Waals surface area contributed by atoms with E-state index in [0.29, 0.717) is 5.75 Å². The maximum atomic E-state index is 10.9. The minimum atomic E-state index is -1.08. The molecule has 0 spiro atoms. The second-order valence-corrected chi connectivity index (χ2v) is 4.73. The van der Waals surface area contributed by atoms with E-state index < -0.39 is 5.97 Å². The highest BCUT2D eigenvalue weighted by Crippen LogP contribution is 2.20. The van der Waals surface area contributed by atoms with Crippen LogP contribution in [0.3, 0.4) is 0 Å². The van der Waals surface area contributed by atoms with Gasteiger partial charge in [0.2, 0.25) is 0 Å². The number of carbonyl (C=O) groups is 1. The van der Waals surface area contributed by atoms with Crippen molar-refractivity contribution in [2.75, 3.05) is 5.73 Å². The summed E-state index contributed by atoms with van der Waals surface area (Å²) < 4.78 is 6.37. The lowest BCUT2D eigenvalue weighted by Crippen LogP contribution is -2.04. The first-order valence-corrected chi connectivity index (χ1v) is 6.21. The SMILES string of the molecule is Nc1ccc(OCc2ccc(Br)cn2)cc1C(=O)O. The summed E-state index contributed by atoms with van der Waals surface area (Å²) in [7, 11) is 0. The van der Waals surface area contributed by atoms with E-state index in [2.05, 4.69) is 20.9 Å². The molecule has 0 fully saturated rings. The number of hydrogen-bond donors (Lipinski definition) is 2. The first kappa shape index (κ1) is 13.4. The predicted octanol–water partition coefficient (Wildman–Crippen LogP) is 2.70. The zero-order valence-corrected chi connectivity index (χ0v) is 11.4. The van der Waals surface area contributed by atoms with E-state index in [9.17, 15) is 4.79 Å². The lowest BCUT2D eigenvalue weighted by Gasteiger charge is -2.08. The fourth-order valence-electron chi connectivity index (χ4n) is 1.46. The highest BCUT2D eigenvalue weighted by Gasteiger charge is 2.09. The highest BCUT2D eigenvalue weighted by molar-refractivity contribution is 9.10. The molecular formula is C13H11BrN2O3. The Bertz CT molecular complexity index is 599. The molecule has 1 aromatic heterocycles.